The van der Waals surface area contributed by atoms with E-state index in [4.69, 9.17) is 21.1 Å². The van der Waals surface area contributed by atoms with Crippen LogP contribution in [-0.2, 0) is 0 Å². The lowest BCUT2D eigenvalue weighted by Crippen LogP contribution is -2.09. The Kier molecular flexibility index (Phi) is 5.67. The molecule has 116 valence electrons. The molecular formula is C17H18ClNO3. The Morgan fingerprint density at radius 3 is 2.45 bits per heavy atom. The molecule has 22 heavy (non-hydrogen) atoms. The SMILES string of the molecule is COc1ccc(C(=O)CCNc2cc(Cl)ccc2OC)cc1. The lowest BCUT2D eigenvalue weighted by Gasteiger charge is -2.11. The highest BCUT2D eigenvalue weighted by molar-refractivity contribution is 6.30. The van der Waals surface area contributed by atoms with E-state index in [1.807, 2.05) is 0 Å². The van der Waals surface area contributed by atoms with Gasteiger partial charge in [0.1, 0.15) is 11.5 Å². The van der Waals surface area contributed by atoms with Crippen LogP contribution in [-0.4, -0.2) is 26.5 Å². The van der Waals surface area contributed by atoms with Crippen molar-refractivity contribution in [1.29, 1.82) is 0 Å². The van der Waals surface area contributed by atoms with Crippen LogP contribution < -0.4 is 14.8 Å². The summed E-state index contributed by atoms with van der Waals surface area (Å²) in [5.41, 5.74) is 1.44. The fourth-order valence-electron chi connectivity index (χ4n) is 2.05. The molecule has 1 N–H and O–H groups in total. The van der Waals surface area contributed by atoms with Gasteiger partial charge in [-0.2, -0.15) is 0 Å². The number of carbonyl (C=O) groups is 1. The van der Waals surface area contributed by atoms with Crippen LogP contribution in [0.4, 0.5) is 5.69 Å². The third-order valence-electron chi connectivity index (χ3n) is 3.24. The van der Waals surface area contributed by atoms with Crippen LogP contribution in [0.1, 0.15) is 16.8 Å². The monoisotopic (exact) mass is 319 g/mol. The summed E-state index contributed by atoms with van der Waals surface area (Å²) < 4.78 is 10.3. The minimum Gasteiger partial charge on any atom is -0.497 e. The number of nitrogens with one attached hydrogen (secondary N) is 1. The van der Waals surface area contributed by atoms with Crippen molar-refractivity contribution < 1.29 is 14.3 Å². The normalized spacial score (nSPS) is 10.1. The van der Waals surface area contributed by atoms with Crippen molar-refractivity contribution in [3.05, 3.63) is 53.1 Å². The molecule has 0 saturated heterocycles. The molecule has 0 saturated carbocycles. The maximum Gasteiger partial charge on any atom is 0.164 e. The molecule has 0 heterocycles. The molecule has 4 nitrogen and oxygen atoms in total. The summed E-state index contributed by atoms with van der Waals surface area (Å²) >= 11 is 5.97. The predicted molar refractivity (Wildman–Crippen MR) is 88.4 cm³/mol. The number of rotatable bonds is 7. The zero-order chi connectivity index (χ0) is 15.9. The summed E-state index contributed by atoms with van der Waals surface area (Å²) in [5, 5.41) is 3.79. The Hall–Kier alpha value is -2.20. The van der Waals surface area contributed by atoms with Gasteiger partial charge in [0.25, 0.3) is 0 Å². The molecule has 0 amide bonds. The molecule has 2 aromatic carbocycles. The Bertz CT molecular complexity index is 641. The topological polar surface area (TPSA) is 47.6 Å². The van der Waals surface area contributed by atoms with Gasteiger partial charge >= 0.3 is 0 Å². The number of hydrogen-bond donors (Lipinski definition) is 1. The van der Waals surface area contributed by atoms with E-state index in [-0.39, 0.29) is 5.78 Å². The van der Waals surface area contributed by atoms with Crippen LogP contribution in [0.25, 0.3) is 0 Å². The number of ketones is 1. The Morgan fingerprint density at radius 1 is 1.09 bits per heavy atom. The van der Waals surface area contributed by atoms with Gasteiger partial charge in [-0.3, -0.25) is 4.79 Å². The molecule has 0 atom stereocenters. The van der Waals surface area contributed by atoms with Gasteiger partial charge in [0.15, 0.2) is 5.78 Å². The smallest absolute Gasteiger partial charge is 0.164 e. The van der Waals surface area contributed by atoms with Crippen LogP contribution in [0.5, 0.6) is 11.5 Å². The van der Waals surface area contributed by atoms with Crippen molar-refractivity contribution in [3.63, 3.8) is 0 Å². The number of hydrogen-bond acceptors (Lipinski definition) is 4. The molecule has 0 aliphatic heterocycles. The highest BCUT2D eigenvalue weighted by atomic mass is 35.5. The highest BCUT2D eigenvalue weighted by Crippen LogP contribution is 2.27. The van der Waals surface area contributed by atoms with E-state index in [2.05, 4.69) is 5.32 Å². The minimum absolute atomic E-state index is 0.0659. The van der Waals surface area contributed by atoms with E-state index in [1.54, 1.807) is 56.7 Å². The van der Waals surface area contributed by atoms with Gasteiger partial charge in [-0.05, 0) is 42.5 Å². The zero-order valence-electron chi connectivity index (χ0n) is 12.6. The summed E-state index contributed by atoms with van der Waals surface area (Å²) in [7, 11) is 3.19. The molecule has 0 aliphatic rings. The van der Waals surface area contributed by atoms with Crippen LogP contribution in [0.15, 0.2) is 42.5 Å². The quantitative estimate of drug-likeness (QED) is 0.782. The molecule has 0 fully saturated rings. The first kappa shape index (κ1) is 16.2. The summed E-state index contributed by atoms with van der Waals surface area (Å²) in [6.07, 6.45) is 0.377. The molecule has 2 aromatic rings. The molecule has 0 aliphatic carbocycles. The summed E-state index contributed by atoms with van der Waals surface area (Å²) in [5.74, 6) is 1.50. The summed E-state index contributed by atoms with van der Waals surface area (Å²) in [4.78, 5) is 12.1. The van der Waals surface area contributed by atoms with Crippen molar-refractivity contribution in [2.24, 2.45) is 0 Å². The van der Waals surface area contributed by atoms with E-state index in [0.717, 1.165) is 11.4 Å². The van der Waals surface area contributed by atoms with Crippen LogP contribution in [0, 0.1) is 0 Å². The first-order valence-electron chi connectivity index (χ1n) is 6.88. The summed E-state index contributed by atoms with van der Waals surface area (Å²) in [6.45, 7) is 0.502. The Balaban J connectivity index is 1.92. The van der Waals surface area contributed by atoms with Crippen LogP contribution in [0.2, 0.25) is 5.02 Å². The number of Topliss-reactive ketones (excluding diaryl/α,β-unsaturated/α-hetero) is 1. The van der Waals surface area contributed by atoms with Gasteiger partial charge in [0, 0.05) is 23.6 Å². The second-order valence-corrected chi connectivity index (χ2v) is 5.11. The molecule has 0 bridgehead atoms. The molecule has 2 rings (SSSR count). The third kappa shape index (κ3) is 4.15. The zero-order valence-corrected chi connectivity index (χ0v) is 13.3. The van der Waals surface area contributed by atoms with Crippen molar-refractivity contribution in [3.8, 4) is 11.5 Å². The van der Waals surface area contributed by atoms with E-state index >= 15 is 0 Å². The highest BCUT2D eigenvalue weighted by Gasteiger charge is 2.07. The first-order valence-corrected chi connectivity index (χ1v) is 7.26. The number of carbonyl (C=O) groups excluding carboxylic acids is 1. The number of benzene rings is 2. The fourth-order valence-corrected chi connectivity index (χ4v) is 2.22. The average Bonchev–Trinajstić information content (AvgIpc) is 2.55. The van der Waals surface area contributed by atoms with Gasteiger partial charge < -0.3 is 14.8 Å². The van der Waals surface area contributed by atoms with E-state index in [1.165, 1.54) is 0 Å². The van der Waals surface area contributed by atoms with Gasteiger partial charge in [-0.1, -0.05) is 11.6 Å². The largest absolute Gasteiger partial charge is 0.497 e. The molecular weight excluding hydrogens is 302 g/mol. The number of ether oxygens (including phenoxy) is 2. The minimum atomic E-state index is 0.0659. The number of anilines is 1. The second kappa shape index (κ2) is 7.71. The lowest BCUT2D eigenvalue weighted by molar-refractivity contribution is 0.0986. The van der Waals surface area contributed by atoms with Crippen molar-refractivity contribution >= 4 is 23.1 Å². The van der Waals surface area contributed by atoms with Crippen molar-refractivity contribution in [2.75, 3.05) is 26.1 Å². The van der Waals surface area contributed by atoms with E-state index < -0.39 is 0 Å². The van der Waals surface area contributed by atoms with Crippen molar-refractivity contribution in [2.45, 2.75) is 6.42 Å². The van der Waals surface area contributed by atoms with Crippen LogP contribution in [0.3, 0.4) is 0 Å². The average molecular weight is 320 g/mol. The lowest BCUT2D eigenvalue weighted by atomic mass is 10.1. The Labute approximate surface area is 135 Å². The summed E-state index contributed by atoms with van der Waals surface area (Å²) in [6, 6.07) is 12.4. The van der Waals surface area contributed by atoms with Crippen molar-refractivity contribution in [1.82, 2.24) is 0 Å². The molecule has 0 spiro atoms. The molecule has 0 aromatic heterocycles. The number of halogens is 1. The maximum atomic E-state index is 12.1. The number of methoxy groups -OCH3 is 2. The molecule has 0 radical (unpaired) electrons. The Morgan fingerprint density at radius 2 is 1.82 bits per heavy atom. The van der Waals surface area contributed by atoms with Crippen LogP contribution >= 0.6 is 11.6 Å². The van der Waals surface area contributed by atoms with Gasteiger partial charge in [-0.25, -0.2) is 0 Å². The third-order valence-corrected chi connectivity index (χ3v) is 3.48. The first-order chi connectivity index (χ1) is 10.6. The van der Waals surface area contributed by atoms with E-state index in [0.29, 0.717) is 29.3 Å². The maximum absolute atomic E-state index is 12.1. The van der Waals surface area contributed by atoms with E-state index in [9.17, 15) is 4.79 Å². The van der Waals surface area contributed by atoms with Gasteiger partial charge in [0.2, 0.25) is 0 Å². The molecule has 5 heteroatoms. The standard InChI is InChI=1S/C17H18ClNO3/c1-21-14-6-3-12(4-7-14)16(20)9-10-19-15-11-13(18)5-8-17(15)22-2/h3-8,11,19H,9-10H2,1-2H3. The van der Waals surface area contributed by atoms with Gasteiger partial charge in [0.05, 0.1) is 19.9 Å². The predicted octanol–water partition coefficient (Wildman–Crippen LogP) is 4.04. The second-order valence-electron chi connectivity index (χ2n) is 4.67. The van der Waals surface area contributed by atoms with Gasteiger partial charge in [-0.15, -0.1) is 0 Å². The molecule has 0 unspecified atom stereocenters. The fraction of sp³-hybridized carbons (Fsp3) is 0.235.